The van der Waals surface area contributed by atoms with E-state index < -0.39 is 33.8 Å². The normalized spacial score (nSPS) is 37.5. The minimum atomic E-state index is -4.59. The van der Waals surface area contributed by atoms with Crippen molar-refractivity contribution in [1.29, 1.82) is 0 Å². The average Bonchev–Trinajstić information content (AvgIpc) is 2.83. The highest BCUT2D eigenvalue weighted by Gasteiger charge is 2.61. The Kier molecular flexibility index (Phi) is 9.27. The quantitative estimate of drug-likeness (QED) is 0.283. The van der Waals surface area contributed by atoms with E-state index in [2.05, 4.69) is 27.7 Å². The Morgan fingerprint density at radius 3 is 2.29 bits per heavy atom. The fraction of sp³-hybridized carbons (Fsp3) is 0.750. The van der Waals surface area contributed by atoms with E-state index in [0.717, 1.165) is 38.5 Å². The van der Waals surface area contributed by atoms with Gasteiger partial charge in [-0.1, -0.05) is 65.5 Å². The Hall–Kier alpha value is -1.90. The van der Waals surface area contributed by atoms with Crippen LogP contribution in [-0.2, 0) is 9.59 Å². The Balaban J connectivity index is 2.01. The maximum atomic E-state index is 13.1. The Morgan fingerprint density at radius 2 is 1.71 bits per heavy atom. The lowest BCUT2D eigenvalue weighted by atomic mass is 9.39. The second kappa shape index (κ2) is 11.3. The van der Waals surface area contributed by atoms with Crippen molar-refractivity contribution >= 4 is 22.8 Å². The van der Waals surface area contributed by atoms with E-state index in [-0.39, 0.29) is 39.6 Å². The van der Waals surface area contributed by atoms with E-state index in [4.69, 9.17) is 5.73 Å². The van der Waals surface area contributed by atoms with E-state index in [1.807, 2.05) is 19.9 Å². The summed E-state index contributed by atoms with van der Waals surface area (Å²) in [4.78, 5) is 24.5. The van der Waals surface area contributed by atoms with Crippen LogP contribution in [0.4, 0.5) is 13.2 Å². The number of fused-ring (bicyclic) bond motifs is 3. The molecule has 6 atom stereocenters. The Bertz CT molecular complexity index is 1140. The minimum absolute atomic E-state index is 0.00453. The fourth-order valence-corrected chi connectivity index (χ4v) is 9.00. The van der Waals surface area contributed by atoms with Gasteiger partial charge in [-0.25, -0.2) is 0 Å². The minimum Gasteiger partial charge on any atom is -0.504 e. The van der Waals surface area contributed by atoms with E-state index in [1.54, 1.807) is 19.1 Å². The van der Waals surface area contributed by atoms with Gasteiger partial charge in [-0.3, -0.25) is 9.59 Å². The number of aliphatic hydroxyl groups excluding tert-OH is 2. The van der Waals surface area contributed by atoms with Gasteiger partial charge in [0.1, 0.15) is 6.42 Å². The average molecular weight is 600 g/mol. The van der Waals surface area contributed by atoms with Gasteiger partial charge in [0.05, 0.1) is 0 Å². The van der Waals surface area contributed by atoms with Crippen molar-refractivity contribution in [2.75, 3.05) is 0 Å². The highest BCUT2D eigenvalue weighted by Crippen LogP contribution is 2.70. The highest BCUT2D eigenvalue weighted by molar-refractivity contribution is 8.14. The molecular formula is C32H48F3NO4S. The number of halogens is 3. The molecule has 0 aliphatic heterocycles. The lowest BCUT2D eigenvalue weighted by Gasteiger charge is -2.66. The first kappa shape index (κ1) is 33.6. The molecule has 3 rings (SSSR count). The predicted octanol–water partition coefficient (Wildman–Crippen LogP) is 8.71. The number of carbonyl (C=O) groups excluding carboxylic acids is 2. The summed E-state index contributed by atoms with van der Waals surface area (Å²) in [6.45, 7) is 14.4. The summed E-state index contributed by atoms with van der Waals surface area (Å²) in [7, 11) is 0. The van der Waals surface area contributed by atoms with Gasteiger partial charge in [-0.2, -0.15) is 13.2 Å². The summed E-state index contributed by atoms with van der Waals surface area (Å²) in [6.07, 6.45) is 5.60. The summed E-state index contributed by atoms with van der Waals surface area (Å²) < 4.78 is 39.2. The molecule has 3 aliphatic carbocycles. The molecule has 3 aliphatic rings. The third kappa shape index (κ3) is 7.19. The third-order valence-corrected chi connectivity index (χ3v) is 12.1. The molecule has 2 unspecified atom stereocenters. The molecule has 0 aromatic rings. The number of thioether (sulfide) groups is 1. The molecule has 5 nitrogen and oxygen atoms in total. The van der Waals surface area contributed by atoms with Gasteiger partial charge in [0.2, 0.25) is 5.91 Å². The monoisotopic (exact) mass is 599 g/mol. The molecule has 0 heterocycles. The van der Waals surface area contributed by atoms with E-state index in [9.17, 15) is 33.0 Å². The van der Waals surface area contributed by atoms with Crippen LogP contribution in [-0.4, -0.2) is 32.7 Å². The van der Waals surface area contributed by atoms with E-state index in [0.29, 0.717) is 30.2 Å². The summed E-state index contributed by atoms with van der Waals surface area (Å²) in [5.41, 5.74) is 4.72. The van der Waals surface area contributed by atoms with E-state index in [1.165, 1.54) is 0 Å². The number of allylic oxidation sites excluding steroid dienone is 3. The second-order valence-electron chi connectivity index (χ2n) is 14.7. The van der Waals surface area contributed by atoms with Crippen molar-refractivity contribution in [2.45, 2.75) is 118 Å². The lowest BCUT2D eigenvalue weighted by Crippen LogP contribution is -2.58. The van der Waals surface area contributed by atoms with Gasteiger partial charge in [0.25, 0.3) is 0 Å². The number of amides is 1. The number of hydrogen-bond donors (Lipinski definition) is 3. The highest BCUT2D eigenvalue weighted by atomic mass is 32.2. The lowest BCUT2D eigenvalue weighted by molar-refractivity contribution is -0.155. The zero-order chi connectivity index (χ0) is 31.2. The van der Waals surface area contributed by atoms with Crippen LogP contribution in [0, 0.1) is 33.0 Å². The van der Waals surface area contributed by atoms with Gasteiger partial charge >= 0.3 is 6.18 Å². The molecule has 9 heteroatoms. The summed E-state index contributed by atoms with van der Waals surface area (Å²) in [5.74, 6) is -0.927. The molecular weight excluding hydrogens is 551 g/mol. The van der Waals surface area contributed by atoms with Gasteiger partial charge in [0, 0.05) is 10.7 Å². The largest absolute Gasteiger partial charge is 0.504 e. The van der Waals surface area contributed by atoms with Crippen LogP contribution in [0.1, 0.15) is 106 Å². The number of rotatable bonds is 6. The van der Waals surface area contributed by atoms with Crippen LogP contribution in [0.25, 0.3) is 0 Å². The maximum absolute atomic E-state index is 13.1. The number of carbonyl (C=O) groups is 2. The smallest absolute Gasteiger partial charge is 0.396 e. The molecule has 41 heavy (non-hydrogen) atoms. The van der Waals surface area contributed by atoms with Crippen LogP contribution in [0.5, 0.6) is 0 Å². The fourth-order valence-electron chi connectivity index (χ4n) is 7.86. The van der Waals surface area contributed by atoms with Crippen molar-refractivity contribution in [2.24, 2.45) is 38.7 Å². The molecule has 0 saturated heterocycles. The molecule has 0 spiro atoms. The van der Waals surface area contributed by atoms with Crippen LogP contribution < -0.4 is 5.73 Å². The predicted molar refractivity (Wildman–Crippen MR) is 158 cm³/mol. The topological polar surface area (TPSA) is 101 Å². The number of alkyl halides is 3. The molecule has 0 aromatic heterocycles. The number of aliphatic hydroxyl groups is 2. The number of hydrogen-bond acceptors (Lipinski definition) is 5. The summed E-state index contributed by atoms with van der Waals surface area (Å²) in [6, 6.07) is 0. The number of nitrogens with two attached hydrogens (primary N) is 1. The Morgan fingerprint density at radius 1 is 1.07 bits per heavy atom. The summed E-state index contributed by atoms with van der Waals surface area (Å²) >= 11 is 0.679. The molecule has 1 amide bonds. The summed E-state index contributed by atoms with van der Waals surface area (Å²) in [5, 5.41) is 19.6. The first-order valence-corrected chi connectivity index (χ1v) is 15.5. The standard InChI is InChI=1S/C32H48F3NO4S/c1-20-16-21(41-24(38)18-32(33,34)35)17-23-29(5,9-8-22(37)25(20)39)13-14-30(6)19-28(4,12-15-31(23,30)7)11-10-27(2,3)26(36)40/h8-9,16,21,23,37,39H,10-15,17-19H2,1-7H3,(H2,36,40)/b9-8-,20-16?,25-22?/t21?,23?,28-,29-,30+,31-/m1/s1. The van der Waals surface area contributed by atoms with Crippen LogP contribution in [0.2, 0.25) is 0 Å². The first-order chi connectivity index (χ1) is 18.5. The van der Waals surface area contributed by atoms with Crippen LogP contribution in [0.15, 0.2) is 35.3 Å². The van der Waals surface area contributed by atoms with Gasteiger partial charge < -0.3 is 15.9 Å². The Labute approximate surface area is 247 Å². The molecule has 232 valence electrons. The van der Waals surface area contributed by atoms with E-state index >= 15 is 0 Å². The number of primary amides is 1. The van der Waals surface area contributed by atoms with Crippen molar-refractivity contribution in [3.63, 3.8) is 0 Å². The molecule has 0 radical (unpaired) electrons. The molecule has 4 N–H and O–H groups in total. The zero-order valence-electron chi connectivity index (χ0n) is 25.6. The zero-order valence-corrected chi connectivity index (χ0v) is 26.4. The van der Waals surface area contributed by atoms with Crippen molar-refractivity contribution < 1.29 is 33.0 Å². The maximum Gasteiger partial charge on any atom is 0.396 e. The SMILES string of the molecule is CC1=CC(SC(=O)CC(F)(F)F)CC2[C@](C)(/C=C\C(O)=C1O)CC[C@@]1(C)C[C@](C)(CCC(C)(C)C(N)=O)CC[C@]21C. The van der Waals surface area contributed by atoms with Crippen molar-refractivity contribution in [1.82, 2.24) is 0 Å². The van der Waals surface area contributed by atoms with Crippen LogP contribution in [0.3, 0.4) is 0 Å². The molecule has 2 fully saturated rings. The van der Waals surface area contributed by atoms with Crippen molar-refractivity contribution in [3.05, 3.63) is 35.3 Å². The van der Waals surface area contributed by atoms with Crippen LogP contribution >= 0.6 is 11.8 Å². The van der Waals surface area contributed by atoms with Crippen molar-refractivity contribution in [3.8, 4) is 0 Å². The second-order valence-corrected chi connectivity index (χ2v) is 16.0. The molecule has 2 saturated carbocycles. The molecule has 0 aromatic carbocycles. The third-order valence-electron chi connectivity index (χ3n) is 11.0. The van der Waals surface area contributed by atoms with Gasteiger partial charge in [-0.05, 0) is 97.5 Å². The first-order valence-electron chi connectivity index (χ1n) is 14.6. The molecule has 0 bridgehead atoms. The van der Waals surface area contributed by atoms with Gasteiger partial charge in [0.15, 0.2) is 16.6 Å². The van der Waals surface area contributed by atoms with Gasteiger partial charge in [-0.15, -0.1) is 0 Å².